The SMILES string of the molecule is CC(C)c1ccc(Oc2ccccc2)nc1.CC(C)c1ccc2c(c1)OCCN2C. The Morgan fingerprint density at radius 2 is 1.60 bits per heavy atom. The fraction of sp³-hybridized carbons (Fsp3) is 0.346. The fourth-order valence-corrected chi connectivity index (χ4v) is 3.14. The van der Waals surface area contributed by atoms with Crippen LogP contribution in [0.4, 0.5) is 5.69 Å². The predicted octanol–water partition coefficient (Wildman–Crippen LogP) is 6.64. The number of anilines is 1. The summed E-state index contributed by atoms with van der Waals surface area (Å²) < 4.78 is 11.2. The Morgan fingerprint density at radius 3 is 2.23 bits per heavy atom. The van der Waals surface area contributed by atoms with Crippen molar-refractivity contribution < 1.29 is 9.47 Å². The van der Waals surface area contributed by atoms with Gasteiger partial charge in [0.25, 0.3) is 0 Å². The molecule has 30 heavy (non-hydrogen) atoms. The molecule has 0 N–H and O–H groups in total. The molecule has 0 amide bonds. The van der Waals surface area contributed by atoms with E-state index in [2.05, 4.69) is 68.9 Å². The smallest absolute Gasteiger partial charge is 0.219 e. The first-order chi connectivity index (χ1) is 14.4. The molecule has 158 valence electrons. The molecular formula is C26H32N2O2. The molecule has 4 rings (SSSR count). The first-order valence-corrected chi connectivity index (χ1v) is 10.6. The Hall–Kier alpha value is -3.01. The summed E-state index contributed by atoms with van der Waals surface area (Å²) in [5, 5.41) is 0. The third kappa shape index (κ3) is 5.76. The molecule has 1 aliphatic rings. The van der Waals surface area contributed by atoms with Crippen LogP contribution in [0.5, 0.6) is 17.4 Å². The second-order valence-electron chi connectivity index (χ2n) is 8.15. The number of likely N-dealkylation sites (N-methyl/N-ethyl adjacent to an activating group) is 1. The molecule has 0 fully saturated rings. The lowest BCUT2D eigenvalue weighted by molar-refractivity contribution is 0.311. The number of benzene rings is 2. The summed E-state index contributed by atoms with van der Waals surface area (Å²) >= 11 is 0. The third-order valence-corrected chi connectivity index (χ3v) is 5.14. The Balaban J connectivity index is 0.000000172. The van der Waals surface area contributed by atoms with Crippen molar-refractivity contribution in [3.05, 3.63) is 78.0 Å². The lowest BCUT2D eigenvalue weighted by Crippen LogP contribution is -2.28. The van der Waals surface area contributed by atoms with E-state index in [0.717, 1.165) is 24.7 Å². The van der Waals surface area contributed by atoms with Crippen molar-refractivity contribution >= 4 is 5.69 Å². The standard InChI is InChI=1S/C14H15NO.C12H17NO/c1-11(2)12-8-9-14(15-10-12)16-13-6-4-3-5-7-13;1-9(2)10-4-5-11-12(8-10)14-7-6-13(11)3/h3-11H,1-2H3;4-5,8-9H,6-7H2,1-3H3. The van der Waals surface area contributed by atoms with Gasteiger partial charge in [0, 0.05) is 19.3 Å². The zero-order valence-corrected chi connectivity index (χ0v) is 18.6. The normalized spacial score (nSPS) is 12.7. The highest BCUT2D eigenvalue weighted by atomic mass is 16.5. The molecule has 0 aliphatic carbocycles. The topological polar surface area (TPSA) is 34.6 Å². The maximum atomic E-state index is 5.64. The van der Waals surface area contributed by atoms with Crippen molar-refractivity contribution in [1.82, 2.24) is 4.98 Å². The van der Waals surface area contributed by atoms with Crippen molar-refractivity contribution in [3.8, 4) is 17.4 Å². The van der Waals surface area contributed by atoms with E-state index in [1.807, 2.05) is 42.6 Å². The lowest BCUT2D eigenvalue weighted by Gasteiger charge is -2.28. The summed E-state index contributed by atoms with van der Waals surface area (Å²) in [7, 11) is 2.11. The molecule has 1 aliphatic heterocycles. The number of nitrogens with zero attached hydrogens (tertiary/aromatic N) is 2. The van der Waals surface area contributed by atoms with E-state index in [4.69, 9.17) is 9.47 Å². The minimum absolute atomic E-state index is 0.498. The highest BCUT2D eigenvalue weighted by Gasteiger charge is 2.15. The van der Waals surface area contributed by atoms with Gasteiger partial charge < -0.3 is 14.4 Å². The minimum Gasteiger partial charge on any atom is -0.490 e. The Morgan fingerprint density at radius 1 is 0.900 bits per heavy atom. The van der Waals surface area contributed by atoms with Gasteiger partial charge in [0.15, 0.2) is 0 Å². The first kappa shape index (κ1) is 21.7. The molecule has 0 radical (unpaired) electrons. The van der Waals surface area contributed by atoms with Crippen molar-refractivity contribution in [1.29, 1.82) is 0 Å². The Kier molecular flexibility index (Phi) is 7.34. The molecule has 2 heterocycles. The molecule has 0 spiro atoms. The molecule has 0 bridgehead atoms. The lowest BCUT2D eigenvalue weighted by atomic mass is 10.0. The maximum Gasteiger partial charge on any atom is 0.219 e. The van der Waals surface area contributed by atoms with Gasteiger partial charge in [0.05, 0.1) is 12.2 Å². The summed E-state index contributed by atoms with van der Waals surface area (Å²) in [5.41, 5.74) is 3.78. The molecule has 0 atom stereocenters. The van der Waals surface area contributed by atoms with Crippen LogP contribution in [0.3, 0.4) is 0 Å². The van der Waals surface area contributed by atoms with E-state index in [-0.39, 0.29) is 0 Å². The number of fused-ring (bicyclic) bond motifs is 1. The number of rotatable bonds is 4. The van der Waals surface area contributed by atoms with Crippen LogP contribution in [-0.2, 0) is 0 Å². The third-order valence-electron chi connectivity index (χ3n) is 5.14. The van der Waals surface area contributed by atoms with Gasteiger partial charge in [-0.25, -0.2) is 4.98 Å². The summed E-state index contributed by atoms with van der Waals surface area (Å²) in [6, 6.07) is 20.1. The maximum absolute atomic E-state index is 5.64. The molecule has 0 saturated heterocycles. The molecular weight excluding hydrogens is 372 g/mol. The van der Waals surface area contributed by atoms with Gasteiger partial charge in [-0.05, 0) is 47.2 Å². The van der Waals surface area contributed by atoms with E-state index in [1.54, 1.807) is 0 Å². The fourth-order valence-electron chi connectivity index (χ4n) is 3.14. The summed E-state index contributed by atoms with van der Waals surface area (Å²) in [6.45, 7) is 10.5. The first-order valence-electron chi connectivity index (χ1n) is 10.6. The van der Waals surface area contributed by atoms with Crippen molar-refractivity contribution in [2.24, 2.45) is 0 Å². The summed E-state index contributed by atoms with van der Waals surface area (Å²) in [6.07, 6.45) is 1.86. The van der Waals surface area contributed by atoms with Crippen molar-refractivity contribution in [2.45, 2.75) is 39.5 Å². The van der Waals surface area contributed by atoms with E-state index in [1.165, 1.54) is 16.8 Å². The van der Waals surface area contributed by atoms with E-state index < -0.39 is 0 Å². The molecule has 1 aromatic heterocycles. The quantitative estimate of drug-likeness (QED) is 0.488. The predicted molar refractivity (Wildman–Crippen MR) is 124 cm³/mol. The molecule has 2 aromatic carbocycles. The van der Waals surface area contributed by atoms with Gasteiger partial charge in [0.2, 0.25) is 5.88 Å². The number of aromatic nitrogens is 1. The average molecular weight is 405 g/mol. The average Bonchev–Trinajstić information content (AvgIpc) is 2.75. The molecule has 4 heteroatoms. The van der Waals surface area contributed by atoms with Crippen LogP contribution in [0.15, 0.2) is 66.9 Å². The number of ether oxygens (including phenoxy) is 2. The highest BCUT2D eigenvalue weighted by molar-refractivity contribution is 5.60. The van der Waals surface area contributed by atoms with Gasteiger partial charge in [-0.3, -0.25) is 0 Å². The van der Waals surface area contributed by atoms with Crippen molar-refractivity contribution in [3.63, 3.8) is 0 Å². The number of pyridine rings is 1. The Bertz CT molecular complexity index is 922. The molecule has 0 saturated carbocycles. The second kappa shape index (κ2) is 10.1. The van der Waals surface area contributed by atoms with Gasteiger partial charge in [-0.15, -0.1) is 0 Å². The van der Waals surface area contributed by atoms with Crippen LogP contribution in [0, 0.1) is 0 Å². The highest BCUT2D eigenvalue weighted by Crippen LogP contribution is 2.33. The van der Waals surface area contributed by atoms with E-state index >= 15 is 0 Å². The molecule has 0 unspecified atom stereocenters. The number of hydrogen-bond donors (Lipinski definition) is 0. The Labute approximate surface area is 180 Å². The van der Waals surface area contributed by atoms with Crippen LogP contribution in [0.2, 0.25) is 0 Å². The van der Waals surface area contributed by atoms with Crippen LogP contribution in [-0.4, -0.2) is 25.2 Å². The van der Waals surface area contributed by atoms with Crippen LogP contribution < -0.4 is 14.4 Å². The van der Waals surface area contributed by atoms with Crippen molar-refractivity contribution in [2.75, 3.05) is 25.1 Å². The summed E-state index contributed by atoms with van der Waals surface area (Å²) in [4.78, 5) is 6.51. The van der Waals surface area contributed by atoms with Crippen LogP contribution >= 0.6 is 0 Å². The molecule has 4 nitrogen and oxygen atoms in total. The zero-order valence-electron chi connectivity index (χ0n) is 18.6. The number of para-hydroxylation sites is 1. The monoisotopic (exact) mass is 404 g/mol. The number of hydrogen-bond acceptors (Lipinski definition) is 4. The largest absolute Gasteiger partial charge is 0.490 e. The van der Waals surface area contributed by atoms with Gasteiger partial charge in [-0.2, -0.15) is 0 Å². The van der Waals surface area contributed by atoms with Gasteiger partial charge in [-0.1, -0.05) is 58.0 Å². The van der Waals surface area contributed by atoms with Gasteiger partial charge in [0.1, 0.15) is 18.1 Å². The van der Waals surface area contributed by atoms with E-state index in [9.17, 15) is 0 Å². The molecule has 3 aromatic rings. The summed E-state index contributed by atoms with van der Waals surface area (Å²) in [5.74, 6) is 3.54. The van der Waals surface area contributed by atoms with Crippen LogP contribution in [0.1, 0.15) is 50.7 Å². The zero-order chi connectivity index (χ0) is 21.5. The minimum atomic E-state index is 0.498. The second-order valence-corrected chi connectivity index (χ2v) is 8.15. The van der Waals surface area contributed by atoms with Gasteiger partial charge >= 0.3 is 0 Å². The van der Waals surface area contributed by atoms with E-state index in [0.29, 0.717) is 17.7 Å². The van der Waals surface area contributed by atoms with Crippen LogP contribution in [0.25, 0.3) is 0 Å².